The van der Waals surface area contributed by atoms with Crippen molar-refractivity contribution in [3.8, 4) is 11.5 Å². The fourth-order valence-corrected chi connectivity index (χ4v) is 2.74. The molecule has 0 radical (unpaired) electrons. The summed E-state index contributed by atoms with van der Waals surface area (Å²) in [4.78, 5) is 20.9. The molecular weight excluding hydrogens is 380 g/mol. The highest BCUT2D eigenvalue weighted by Gasteiger charge is 2.12. The zero-order valence-corrected chi connectivity index (χ0v) is 16.2. The van der Waals surface area contributed by atoms with Gasteiger partial charge in [0.15, 0.2) is 0 Å². The first-order valence-electron chi connectivity index (χ1n) is 8.43. The Morgan fingerprint density at radius 3 is 2.57 bits per heavy atom. The number of aromatic nitrogens is 2. The number of halogens is 1. The van der Waals surface area contributed by atoms with Gasteiger partial charge < -0.3 is 20.1 Å². The second kappa shape index (κ2) is 9.05. The Kier molecular flexibility index (Phi) is 6.29. The van der Waals surface area contributed by atoms with Crippen LogP contribution in [0.2, 0.25) is 5.02 Å². The van der Waals surface area contributed by atoms with Gasteiger partial charge in [-0.1, -0.05) is 17.7 Å². The maximum atomic E-state index is 12.4. The second-order valence-corrected chi connectivity index (χ2v) is 6.15. The van der Waals surface area contributed by atoms with E-state index < -0.39 is 0 Å². The number of carbonyl (C=O) groups excluding carboxylic acids is 1. The van der Waals surface area contributed by atoms with Crippen molar-refractivity contribution in [2.24, 2.45) is 0 Å². The Morgan fingerprint density at radius 1 is 1.04 bits per heavy atom. The maximum Gasteiger partial charge on any atom is 0.251 e. The van der Waals surface area contributed by atoms with E-state index in [2.05, 4.69) is 20.6 Å². The maximum absolute atomic E-state index is 12.4. The molecule has 2 N–H and O–H groups in total. The summed E-state index contributed by atoms with van der Waals surface area (Å²) in [6, 6.07) is 12.2. The van der Waals surface area contributed by atoms with Gasteiger partial charge in [-0.25, -0.2) is 4.98 Å². The van der Waals surface area contributed by atoms with Gasteiger partial charge in [0.25, 0.3) is 5.91 Å². The minimum Gasteiger partial charge on any atom is -0.495 e. The zero-order chi connectivity index (χ0) is 19.9. The van der Waals surface area contributed by atoms with Crippen LogP contribution < -0.4 is 20.1 Å². The monoisotopic (exact) mass is 398 g/mol. The van der Waals surface area contributed by atoms with Crippen LogP contribution in [0, 0.1) is 0 Å². The Morgan fingerprint density at radius 2 is 1.86 bits per heavy atom. The molecule has 2 aromatic heterocycles. The molecule has 0 atom stereocenters. The average Bonchev–Trinajstić information content (AvgIpc) is 2.73. The first-order valence-corrected chi connectivity index (χ1v) is 8.81. The SMILES string of the molecule is COc1cc(Nc2cc(C(=O)NCc3ccccn3)ccn2)c(OC)cc1Cl. The number of amides is 1. The van der Waals surface area contributed by atoms with Crippen molar-refractivity contribution in [3.63, 3.8) is 0 Å². The summed E-state index contributed by atoms with van der Waals surface area (Å²) < 4.78 is 10.6. The molecule has 0 aliphatic carbocycles. The number of carbonyl (C=O) groups is 1. The molecule has 1 amide bonds. The van der Waals surface area contributed by atoms with Crippen LogP contribution in [0.5, 0.6) is 11.5 Å². The Bertz CT molecular complexity index is 967. The molecule has 1 aromatic carbocycles. The Hall–Kier alpha value is -3.32. The van der Waals surface area contributed by atoms with Gasteiger partial charge in [-0.05, 0) is 24.3 Å². The van der Waals surface area contributed by atoms with Crippen LogP contribution in [0.3, 0.4) is 0 Å². The van der Waals surface area contributed by atoms with E-state index >= 15 is 0 Å². The molecule has 144 valence electrons. The lowest BCUT2D eigenvalue weighted by Gasteiger charge is -2.14. The van der Waals surface area contributed by atoms with Crippen molar-refractivity contribution in [2.75, 3.05) is 19.5 Å². The van der Waals surface area contributed by atoms with Crippen molar-refractivity contribution in [1.29, 1.82) is 0 Å². The summed E-state index contributed by atoms with van der Waals surface area (Å²) >= 11 is 6.13. The molecule has 7 nitrogen and oxygen atoms in total. The van der Waals surface area contributed by atoms with Crippen LogP contribution >= 0.6 is 11.6 Å². The van der Waals surface area contributed by atoms with Gasteiger partial charge >= 0.3 is 0 Å². The van der Waals surface area contributed by atoms with Crippen LogP contribution in [0.15, 0.2) is 54.9 Å². The molecule has 0 unspecified atom stereocenters. The van der Waals surface area contributed by atoms with Crippen LogP contribution in [0.25, 0.3) is 0 Å². The number of anilines is 2. The third-order valence-corrected chi connectivity index (χ3v) is 4.21. The van der Waals surface area contributed by atoms with Crippen LogP contribution in [-0.2, 0) is 6.54 Å². The number of hydrogen-bond acceptors (Lipinski definition) is 6. The fourth-order valence-electron chi connectivity index (χ4n) is 2.51. The van der Waals surface area contributed by atoms with Gasteiger partial charge in [-0.2, -0.15) is 0 Å². The van der Waals surface area contributed by atoms with E-state index in [-0.39, 0.29) is 5.91 Å². The van der Waals surface area contributed by atoms with Crippen LogP contribution in [0.4, 0.5) is 11.5 Å². The van der Waals surface area contributed by atoms with E-state index in [4.69, 9.17) is 21.1 Å². The van der Waals surface area contributed by atoms with E-state index in [1.165, 1.54) is 14.2 Å². The number of benzene rings is 1. The number of nitrogens with zero attached hydrogens (tertiary/aromatic N) is 2. The van der Waals surface area contributed by atoms with Crippen molar-refractivity contribution in [1.82, 2.24) is 15.3 Å². The summed E-state index contributed by atoms with van der Waals surface area (Å²) in [6.45, 7) is 0.340. The zero-order valence-electron chi connectivity index (χ0n) is 15.4. The topological polar surface area (TPSA) is 85.4 Å². The van der Waals surface area contributed by atoms with Crippen LogP contribution in [0.1, 0.15) is 16.1 Å². The predicted molar refractivity (Wildman–Crippen MR) is 107 cm³/mol. The van der Waals surface area contributed by atoms with E-state index in [1.54, 1.807) is 36.7 Å². The lowest BCUT2D eigenvalue weighted by Crippen LogP contribution is -2.23. The predicted octanol–water partition coefficient (Wildman–Crippen LogP) is 3.82. The van der Waals surface area contributed by atoms with E-state index in [0.717, 1.165) is 5.69 Å². The first kappa shape index (κ1) is 19.4. The highest BCUT2D eigenvalue weighted by atomic mass is 35.5. The van der Waals surface area contributed by atoms with Gasteiger partial charge in [0.1, 0.15) is 17.3 Å². The lowest BCUT2D eigenvalue weighted by atomic mass is 10.2. The first-order chi connectivity index (χ1) is 13.6. The molecule has 0 aliphatic rings. The largest absolute Gasteiger partial charge is 0.495 e. The molecule has 3 rings (SSSR count). The smallest absolute Gasteiger partial charge is 0.251 e. The van der Waals surface area contributed by atoms with Crippen molar-refractivity contribution in [2.45, 2.75) is 6.54 Å². The number of rotatable bonds is 7. The molecule has 3 aromatic rings. The minimum absolute atomic E-state index is 0.225. The molecule has 28 heavy (non-hydrogen) atoms. The standard InChI is InChI=1S/C20H19ClN4O3/c1-27-17-11-16(18(28-2)10-15(17)21)25-19-9-13(6-8-23-19)20(26)24-12-14-5-3-4-7-22-14/h3-11H,12H2,1-2H3,(H,23,25)(H,24,26). The fraction of sp³-hybridized carbons (Fsp3) is 0.150. The Labute approximate surface area is 167 Å². The summed E-state index contributed by atoms with van der Waals surface area (Å²) in [5, 5.41) is 6.39. The normalized spacial score (nSPS) is 10.2. The lowest BCUT2D eigenvalue weighted by molar-refractivity contribution is 0.0950. The van der Waals surface area contributed by atoms with Crippen molar-refractivity contribution in [3.05, 3.63) is 71.1 Å². The molecule has 0 saturated heterocycles. The van der Waals surface area contributed by atoms with E-state index in [0.29, 0.717) is 40.1 Å². The van der Waals surface area contributed by atoms with Gasteiger partial charge in [0, 0.05) is 30.1 Å². The third-order valence-electron chi connectivity index (χ3n) is 3.91. The number of hydrogen-bond donors (Lipinski definition) is 2. The molecule has 0 aliphatic heterocycles. The molecule has 0 fully saturated rings. The quantitative estimate of drug-likeness (QED) is 0.629. The molecule has 8 heteroatoms. The van der Waals surface area contributed by atoms with Gasteiger partial charge in [0.05, 0.1) is 37.2 Å². The van der Waals surface area contributed by atoms with Crippen molar-refractivity contribution < 1.29 is 14.3 Å². The Balaban J connectivity index is 1.75. The van der Waals surface area contributed by atoms with Crippen molar-refractivity contribution >= 4 is 29.0 Å². The molecule has 0 spiro atoms. The molecule has 0 bridgehead atoms. The molecule has 2 heterocycles. The molecular formula is C20H19ClN4O3. The number of pyridine rings is 2. The minimum atomic E-state index is -0.225. The summed E-state index contributed by atoms with van der Waals surface area (Å²) in [6.07, 6.45) is 3.24. The summed E-state index contributed by atoms with van der Waals surface area (Å²) in [5.74, 6) is 1.27. The third kappa shape index (κ3) is 4.69. The average molecular weight is 399 g/mol. The highest BCUT2D eigenvalue weighted by molar-refractivity contribution is 6.32. The van der Waals surface area contributed by atoms with E-state index in [1.807, 2.05) is 18.2 Å². The number of ether oxygens (including phenoxy) is 2. The van der Waals surface area contributed by atoms with Crippen LogP contribution in [-0.4, -0.2) is 30.1 Å². The summed E-state index contributed by atoms with van der Waals surface area (Å²) in [5.41, 5.74) is 1.86. The van der Waals surface area contributed by atoms with E-state index in [9.17, 15) is 4.79 Å². The van der Waals surface area contributed by atoms with Gasteiger partial charge in [0.2, 0.25) is 0 Å². The number of nitrogens with one attached hydrogen (secondary N) is 2. The summed E-state index contributed by atoms with van der Waals surface area (Å²) in [7, 11) is 3.07. The van der Waals surface area contributed by atoms with Gasteiger partial charge in [-0.3, -0.25) is 9.78 Å². The highest BCUT2D eigenvalue weighted by Crippen LogP contribution is 2.37. The number of methoxy groups -OCH3 is 2. The molecule has 0 saturated carbocycles. The van der Waals surface area contributed by atoms with Gasteiger partial charge in [-0.15, -0.1) is 0 Å². The second-order valence-electron chi connectivity index (χ2n) is 5.75.